The summed E-state index contributed by atoms with van der Waals surface area (Å²) in [5, 5.41) is 20.3. The summed E-state index contributed by atoms with van der Waals surface area (Å²) < 4.78 is 21.0. The van der Waals surface area contributed by atoms with Gasteiger partial charge in [0.1, 0.15) is 12.2 Å². The molecule has 36 heavy (non-hydrogen) atoms. The summed E-state index contributed by atoms with van der Waals surface area (Å²) in [6.45, 7) is 5.46. The van der Waals surface area contributed by atoms with Crippen LogP contribution >= 0.6 is 0 Å². The maximum atomic E-state index is 12.0. The topological polar surface area (TPSA) is 146 Å². The lowest BCUT2D eigenvalue weighted by atomic mass is 9.86. The van der Waals surface area contributed by atoms with E-state index in [1.54, 1.807) is 6.92 Å². The maximum Gasteiger partial charge on any atom is 0.330 e. The van der Waals surface area contributed by atoms with Gasteiger partial charge in [0.25, 0.3) is 0 Å². The molecule has 2 aliphatic carbocycles. The standard InChI is InChI=1S/C26H40O10/c1-3-23(29)35-21-11-9-17(13-19(21)27)15-33-25(31)7-5-6-8-26(32)34-16-18-10-12-22(20(28)14-18)36-24(30)4-2/h3,17-22,27-28H,1,4-16H2,2H3. The molecule has 0 aromatic rings. The Bertz CT molecular complexity index is 751. The monoisotopic (exact) mass is 512 g/mol. The van der Waals surface area contributed by atoms with E-state index in [0.29, 0.717) is 51.4 Å². The van der Waals surface area contributed by atoms with Gasteiger partial charge in [-0.3, -0.25) is 14.4 Å². The molecule has 2 rings (SSSR count). The van der Waals surface area contributed by atoms with Crippen LogP contribution in [0.15, 0.2) is 12.7 Å². The highest BCUT2D eigenvalue weighted by Gasteiger charge is 2.33. The number of hydrogen-bond donors (Lipinski definition) is 2. The zero-order valence-electron chi connectivity index (χ0n) is 21.1. The molecule has 0 saturated heterocycles. The third-order valence-electron chi connectivity index (χ3n) is 6.70. The van der Waals surface area contributed by atoms with Crippen LogP contribution in [0.2, 0.25) is 0 Å². The molecule has 0 aliphatic heterocycles. The Morgan fingerprint density at radius 1 is 0.778 bits per heavy atom. The fourth-order valence-electron chi connectivity index (χ4n) is 4.54. The molecule has 2 saturated carbocycles. The van der Waals surface area contributed by atoms with E-state index < -0.39 is 30.4 Å². The van der Waals surface area contributed by atoms with Gasteiger partial charge in [0.05, 0.1) is 25.4 Å². The maximum absolute atomic E-state index is 12.0. The zero-order chi connectivity index (χ0) is 26.5. The van der Waals surface area contributed by atoms with Crippen molar-refractivity contribution < 1.29 is 48.3 Å². The second-order valence-electron chi connectivity index (χ2n) is 9.63. The number of carbonyl (C=O) groups is 4. The molecular weight excluding hydrogens is 472 g/mol. The largest absolute Gasteiger partial charge is 0.465 e. The number of aliphatic hydroxyl groups is 2. The van der Waals surface area contributed by atoms with Gasteiger partial charge in [-0.25, -0.2) is 4.79 Å². The molecule has 0 aromatic heterocycles. The Kier molecular flexibility index (Phi) is 12.9. The SMILES string of the molecule is C=CC(=O)OC1CCC(COC(=O)CCCCC(=O)OCC2CCC(OC(=O)CC)C(O)C2)CC1O. The first kappa shape index (κ1) is 29.8. The molecule has 6 unspecified atom stereocenters. The van der Waals surface area contributed by atoms with Crippen molar-refractivity contribution in [3.05, 3.63) is 12.7 Å². The van der Waals surface area contributed by atoms with E-state index >= 15 is 0 Å². The van der Waals surface area contributed by atoms with E-state index in [2.05, 4.69) is 6.58 Å². The van der Waals surface area contributed by atoms with E-state index in [0.717, 1.165) is 6.08 Å². The Morgan fingerprint density at radius 2 is 1.25 bits per heavy atom. The molecular formula is C26H40O10. The van der Waals surface area contributed by atoms with Crippen molar-refractivity contribution in [2.24, 2.45) is 11.8 Å². The fourth-order valence-corrected chi connectivity index (χ4v) is 4.54. The minimum Gasteiger partial charge on any atom is -0.465 e. The van der Waals surface area contributed by atoms with Gasteiger partial charge in [-0.05, 0) is 63.2 Å². The van der Waals surface area contributed by atoms with Crippen molar-refractivity contribution in [1.29, 1.82) is 0 Å². The Morgan fingerprint density at radius 3 is 1.67 bits per heavy atom. The molecule has 0 amide bonds. The average molecular weight is 513 g/mol. The van der Waals surface area contributed by atoms with Crippen molar-refractivity contribution in [2.45, 2.75) is 102 Å². The van der Waals surface area contributed by atoms with Gasteiger partial charge in [-0.2, -0.15) is 0 Å². The molecule has 0 aromatic carbocycles. The molecule has 2 N–H and O–H groups in total. The second kappa shape index (κ2) is 15.6. The lowest BCUT2D eigenvalue weighted by Gasteiger charge is -2.32. The summed E-state index contributed by atoms with van der Waals surface area (Å²) >= 11 is 0. The number of hydrogen-bond acceptors (Lipinski definition) is 10. The second-order valence-corrected chi connectivity index (χ2v) is 9.63. The van der Waals surface area contributed by atoms with E-state index in [1.807, 2.05) is 0 Å². The minimum absolute atomic E-state index is 0.00453. The van der Waals surface area contributed by atoms with Crippen LogP contribution in [0.4, 0.5) is 0 Å². The van der Waals surface area contributed by atoms with Crippen molar-refractivity contribution in [3.63, 3.8) is 0 Å². The van der Waals surface area contributed by atoms with Crippen LogP contribution < -0.4 is 0 Å². The third-order valence-corrected chi connectivity index (χ3v) is 6.70. The molecule has 0 radical (unpaired) electrons. The summed E-state index contributed by atoms with van der Waals surface area (Å²) in [6, 6.07) is 0. The lowest BCUT2D eigenvalue weighted by Crippen LogP contribution is -2.38. The van der Waals surface area contributed by atoms with Crippen LogP contribution in [-0.2, 0) is 38.1 Å². The van der Waals surface area contributed by atoms with Crippen LogP contribution in [0, 0.1) is 11.8 Å². The Hall–Kier alpha value is -2.46. The van der Waals surface area contributed by atoms with Crippen LogP contribution in [0.1, 0.15) is 77.6 Å². The van der Waals surface area contributed by atoms with Crippen molar-refractivity contribution in [3.8, 4) is 0 Å². The summed E-state index contributed by atoms with van der Waals surface area (Å²) in [7, 11) is 0. The van der Waals surface area contributed by atoms with Crippen LogP contribution in [0.3, 0.4) is 0 Å². The first-order valence-corrected chi connectivity index (χ1v) is 12.9. The van der Waals surface area contributed by atoms with E-state index in [-0.39, 0.29) is 62.2 Å². The normalized spacial score (nSPS) is 28.0. The first-order valence-electron chi connectivity index (χ1n) is 12.9. The average Bonchev–Trinajstić information content (AvgIpc) is 2.86. The van der Waals surface area contributed by atoms with Crippen LogP contribution in [-0.4, -0.2) is 71.7 Å². The molecule has 2 aliphatic rings. The summed E-state index contributed by atoms with van der Waals surface area (Å²) in [6.07, 6.45) is 3.32. The Labute approximate surface area is 212 Å². The van der Waals surface area contributed by atoms with Gasteiger partial charge in [0.2, 0.25) is 0 Å². The van der Waals surface area contributed by atoms with E-state index in [9.17, 15) is 29.4 Å². The minimum atomic E-state index is -0.797. The Balaban J connectivity index is 1.51. The zero-order valence-corrected chi connectivity index (χ0v) is 21.1. The number of carbonyl (C=O) groups excluding carboxylic acids is 4. The van der Waals surface area contributed by atoms with E-state index in [1.165, 1.54) is 0 Å². The predicted molar refractivity (Wildman–Crippen MR) is 127 cm³/mol. The number of aliphatic hydroxyl groups excluding tert-OH is 2. The van der Waals surface area contributed by atoms with Crippen molar-refractivity contribution in [1.82, 2.24) is 0 Å². The number of ether oxygens (including phenoxy) is 4. The molecule has 0 bridgehead atoms. The molecule has 0 spiro atoms. The van der Waals surface area contributed by atoms with E-state index in [4.69, 9.17) is 18.9 Å². The smallest absolute Gasteiger partial charge is 0.330 e. The molecule has 204 valence electrons. The molecule has 0 heterocycles. The van der Waals surface area contributed by atoms with Gasteiger partial charge in [-0.1, -0.05) is 13.5 Å². The van der Waals surface area contributed by atoms with Crippen LogP contribution in [0.25, 0.3) is 0 Å². The molecule has 10 heteroatoms. The fraction of sp³-hybridized carbons (Fsp3) is 0.769. The number of unbranched alkanes of at least 4 members (excludes halogenated alkanes) is 1. The lowest BCUT2D eigenvalue weighted by molar-refractivity contribution is -0.160. The summed E-state index contributed by atoms with van der Waals surface area (Å²) in [5.74, 6) is -1.57. The highest BCUT2D eigenvalue weighted by Crippen LogP contribution is 2.28. The molecule has 10 nitrogen and oxygen atoms in total. The summed E-state index contributed by atoms with van der Waals surface area (Å²) in [4.78, 5) is 46.7. The first-order chi connectivity index (χ1) is 17.2. The highest BCUT2D eigenvalue weighted by atomic mass is 16.6. The predicted octanol–water partition coefficient (Wildman–Crippen LogP) is 2.37. The molecule has 2 fully saturated rings. The van der Waals surface area contributed by atoms with Gasteiger partial charge in [0.15, 0.2) is 0 Å². The number of rotatable bonds is 13. The van der Waals surface area contributed by atoms with Gasteiger partial charge >= 0.3 is 23.9 Å². The molecule has 6 atom stereocenters. The van der Waals surface area contributed by atoms with Crippen molar-refractivity contribution >= 4 is 23.9 Å². The van der Waals surface area contributed by atoms with Gasteiger partial charge in [0, 0.05) is 25.3 Å². The third kappa shape index (κ3) is 10.7. The summed E-state index contributed by atoms with van der Waals surface area (Å²) in [5.41, 5.74) is 0. The highest BCUT2D eigenvalue weighted by molar-refractivity contribution is 5.81. The van der Waals surface area contributed by atoms with Gasteiger partial charge in [-0.15, -0.1) is 0 Å². The quantitative estimate of drug-likeness (QED) is 0.163. The van der Waals surface area contributed by atoms with Crippen molar-refractivity contribution in [2.75, 3.05) is 13.2 Å². The van der Waals surface area contributed by atoms with Gasteiger partial charge < -0.3 is 29.2 Å². The van der Waals surface area contributed by atoms with Crippen LogP contribution in [0.5, 0.6) is 0 Å². The number of esters is 4.